The zero-order valence-corrected chi connectivity index (χ0v) is 9.02. The van der Waals surface area contributed by atoms with Crippen molar-refractivity contribution in [3.63, 3.8) is 0 Å². The standard InChI is InChI=1S/C10H12O3S/c1-3-8-5-7(6-14-8)9(11)10(12)13-4-2/h5-6H,3-4H2,1-2H3. The summed E-state index contributed by atoms with van der Waals surface area (Å²) in [6.45, 7) is 3.91. The van der Waals surface area contributed by atoms with Crippen molar-refractivity contribution >= 4 is 23.1 Å². The quantitative estimate of drug-likeness (QED) is 0.436. The maximum Gasteiger partial charge on any atom is 0.379 e. The van der Waals surface area contributed by atoms with Gasteiger partial charge in [0.15, 0.2) is 0 Å². The zero-order chi connectivity index (χ0) is 10.6. The van der Waals surface area contributed by atoms with Gasteiger partial charge in [0.05, 0.1) is 6.61 Å². The molecule has 0 saturated heterocycles. The number of ketones is 1. The maximum atomic E-state index is 11.4. The minimum atomic E-state index is -0.770. The molecule has 0 spiro atoms. The van der Waals surface area contributed by atoms with Crippen molar-refractivity contribution in [1.29, 1.82) is 0 Å². The Hall–Kier alpha value is -1.16. The maximum absolute atomic E-state index is 11.4. The van der Waals surface area contributed by atoms with Gasteiger partial charge in [0.1, 0.15) is 0 Å². The van der Waals surface area contributed by atoms with Gasteiger partial charge in [0.2, 0.25) is 0 Å². The molecule has 0 aromatic carbocycles. The van der Waals surface area contributed by atoms with Crippen LogP contribution in [0.3, 0.4) is 0 Å². The number of hydrogen-bond donors (Lipinski definition) is 0. The summed E-state index contributed by atoms with van der Waals surface area (Å²) in [5.41, 5.74) is 0.435. The number of Topliss-reactive ketones (excluding diaryl/α,β-unsaturated/α-hetero) is 1. The summed E-state index contributed by atoms with van der Waals surface area (Å²) in [4.78, 5) is 23.6. The van der Waals surface area contributed by atoms with Crippen LogP contribution in [0.1, 0.15) is 29.1 Å². The van der Waals surface area contributed by atoms with E-state index in [-0.39, 0.29) is 6.61 Å². The van der Waals surface area contributed by atoms with Crippen LogP contribution in [0.2, 0.25) is 0 Å². The van der Waals surface area contributed by atoms with Crippen LogP contribution in [0.5, 0.6) is 0 Å². The Balaban J connectivity index is 2.74. The molecule has 1 heterocycles. The van der Waals surface area contributed by atoms with Crippen molar-refractivity contribution in [2.45, 2.75) is 20.3 Å². The Morgan fingerprint density at radius 2 is 2.14 bits per heavy atom. The molecule has 0 fully saturated rings. The lowest BCUT2D eigenvalue weighted by atomic mass is 10.2. The van der Waals surface area contributed by atoms with Crippen molar-refractivity contribution in [3.8, 4) is 0 Å². The molecule has 14 heavy (non-hydrogen) atoms. The van der Waals surface area contributed by atoms with Crippen LogP contribution in [0.15, 0.2) is 11.4 Å². The van der Waals surface area contributed by atoms with Gasteiger partial charge < -0.3 is 4.74 Å². The van der Waals surface area contributed by atoms with E-state index in [4.69, 9.17) is 0 Å². The van der Waals surface area contributed by atoms with E-state index in [9.17, 15) is 9.59 Å². The molecule has 3 nitrogen and oxygen atoms in total. The first kappa shape index (κ1) is 10.9. The molecule has 76 valence electrons. The monoisotopic (exact) mass is 212 g/mol. The number of carbonyl (C=O) groups is 2. The summed E-state index contributed by atoms with van der Waals surface area (Å²) < 4.78 is 4.62. The van der Waals surface area contributed by atoms with E-state index in [1.807, 2.05) is 6.92 Å². The number of thiophene rings is 1. The highest BCUT2D eigenvalue weighted by atomic mass is 32.1. The first-order valence-corrected chi connectivity index (χ1v) is 5.35. The lowest BCUT2D eigenvalue weighted by Crippen LogP contribution is -2.16. The number of esters is 1. The Labute approximate surface area is 86.7 Å². The predicted molar refractivity (Wildman–Crippen MR) is 54.7 cm³/mol. The van der Waals surface area contributed by atoms with Crippen molar-refractivity contribution < 1.29 is 14.3 Å². The Bertz CT molecular complexity index is 341. The second kappa shape index (κ2) is 4.91. The van der Waals surface area contributed by atoms with E-state index >= 15 is 0 Å². The molecule has 0 N–H and O–H groups in total. The molecule has 4 heteroatoms. The van der Waals surface area contributed by atoms with Crippen molar-refractivity contribution in [3.05, 3.63) is 21.9 Å². The summed E-state index contributed by atoms with van der Waals surface area (Å²) in [5, 5.41) is 1.69. The van der Waals surface area contributed by atoms with Gasteiger partial charge in [-0.3, -0.25) is 4.79 Å². The molecule has 0 aliphatic carbocycles. The van der Waals surface area contributed by atoms with Crippen molar-refractivity contribution in [1.82, 2.24) is 0 Å². The molecule has 0 aliphatic heterocycles. The van der Waals surface area contributed by atoms with E-state index in [0.717, 1.165) is 11.3 Å². The van der Waals surface area contributed by atoms with Crippen LogP contribution in [0.4, 0.5) is 0 Å². The number of rotatable bonds is 4. The van der Waals surface area contributed by atoms with Crippen LogP contribution in [0, 0.1) is 0 Å². The van der Waals surface area contributed by atoms with E-state index in [1.54, 1.807) is 18.4 Å². The van der Waals surface area contributed by atoms with Gasteiger partial charge in [-0.05, 0) is 19.4 Å². The highest BCUT2D eigenvalue weighted by Gasteiger charge is 2.18. The lowest BCUT2D eigenvalue weighted by molar-refractivity contribution is -0.137. The molecule has 0 saturated carbocycles. The van der Waals surface area contributed by atoms with Crippen molar-refractivity contribution in [2.24, 2.45) is 0 Å². The third kappa shape index (κ3) is 2.42. The van der Waals surface area contributed by atoms with E-state index in [0.29, 0.717) is 5.56 Å². The van der Waals surface area contributed by atoms with E-state index in [1.165, 1.54) is 11.3 Å². The van der Waals surface area contributed by atoms with Gasteiger partial charge in [-0.25, -0.2) is 4.79 Å². The van der Waals surface area contributed by atoms with Crippen LogP contribution in [0.25, 0.3) is 0 Å². The molecule has 1 aromatic rings. The van der Waals surface area contributed by atoms with Gasteiger partial charge in [0.25, 0.3) is 5.78 Å². The van der Waals surface area contributed by atoms with Gasteiger partial charge in [-0.2, -0.15) is 0 Å². The molecule has 0 atom stereocenters. The summed E-state index contributed by atoms with van der Waals surface area (Å²) in [5.74, 6) is -1.32. The first-order chi connectivity index (χ1) is 6.69. The van der Waals surface area contributed by atoms with Gasteiger partial charge in [-0.1, -0.05) is 6.92 Å². The van der Waals surface area contributed by atoms with E-state index in [2.05, 4.69) is 4.74 Å². The van der Waals surface area contributed by atoms with Gasteiger partial charge >= 0.3 is 5.97 Å². The second-order valence-electron chi connectivity index (χ2n) is 2.70. The third-order valence-corrected chi connectivity index (χ3v) is 2.81. The minimum Gasteiger partial charge on any atom is -0.460 e. The Morgan fingerprint density at radius 3 is 2.64 bits per heavy atom. The summed E-state index contributed by atoms with van der Waals surface area (Å²) in [6.07, 6.45) is 0.876. The summed E-state index contributed by atoms with van der Waals surface area (Å²) >= 11 is 1.48. The molecule has 0 bridgehead atoms. The molecule has 0 unspecified atom stereocenters. The fourth-order valence-corrected chi connectivity index (χ4v) is 1.81. The van der Waals surface area contributed by atoms with Crippen LogP contribution in [-0.2, 0) is 16.0 Å². The van der Waals surface area contributed by atoms with Crippen LogP contribution in [-0.4, -0.2) is 18.4 Å². The number of hydrogen-bond acceptors (Lipinski definition) is 4. The molecular weight excluding hydrogens is 200 g/mol. The van der Waals surface area contributed by atoms with Gasteiger partial charge in [0, 0.05) is 15.8 Å². The minimum absolute atomic E-state index is 0.231. The molecule has 0 aliphatic rings. The topological polar surface area (TPSA) is 43.4 Å². The molecule has 1 aromatic heterocycles. The lowest BCUT2D eigenvalue weighted by Gasteiger charge is -1.97. The van der Waals surface area contributed by atoms with Crippen LogP contribution >= 0.6 is 11.3 Å². The number of carbonyl (C=O) groups excluding carboxylic acids is 2. The third-order valence-electron chi connectivity index (χ3n) is 1.73. The molecule has 1 rings (SSSR count). The second-order valence-corrected chi connectivity index (χ2v) is 3.70. The number of aryl methyl sites for hydroxylation is 1. The van der Waals surface area contributed by atoms with Gasteiger partial charge in [-0.15, -0.1) is 11.3 Å². The molecule has 0 amide bonds. The first-order valence-electron chi connectivity index (χ1n) is 4.47. The molecule has 0 radical (unpaired) electrons. The Kier molecular flexibility index (Phi) is 3.83. The normalized spacial score (nSPS) is 9.86. The average molecular weight is 212 g/mol. The van der Waals surface area contributed by atoms with Crippen LogP contribution < -0.4 is 0 Å². The van der Waals surface area contributed by atoms with Crippen molar-refractivity contribution in [2.75, 3.05) is 6.61 Å². The highest BCUT2D eigenvalue weighted by molar-refractivity contribution is 7.10. The average Bonchev–Trinajstić information content (AvgIpc) is 2.65. The smallest absolute Gasteiger partial charge is 0.379 e. The summed E-state index contributed by atoms with van der Waals surface area (Å²) in [6, 6.07) is 1.74. The Morgan fingerprint density at radius 1 is 1.43 bits per heavy atom. The predicted octanol–water partition coefficient (Wildman–Crippen LogP) is 2.06. The fourth-order valence-electron chi connectivity index (χ4n) is 1.000. The zero-order valence-electron chi connectivity index (χ0n) is 8.20. The highest BCUT2D eigenvalue weighted by Crippen LogP contribution is 2.15. The van der Waals surface area contributed by atoms with E-state index < -0.39 is 11.8 Å². The fraction of sp³-hybridized carbons (Fsp3) is 0.400. The number of ether oxygens (including phenoxy) is 1. The summed E-state index contributed by atoms with van der Waals surface area (Å²) in [7, 11) is 0. The molecular formula is C10H12O3S. The SMILES string of the molecule is CCOC(=O)C(=O)c1csc(CC)c1. The largest absolute Gasteiger partial charge is 0.460 e.